The van der Waals surface area contributed by atoms with Crippen molar-refractivity contribution in [2.45, 2.75) is 33.1 Å². The van der Waals surface area contributed by atoms with Crippen LogP contribution < -0.4 is 10.5 Å². The number of rotatable bonds is 6. The smallest absolute Gasteiger partial charge is 0.321 e. The molecule has 1 aromatic heterocycles. The van der Waals surface area contributed by atoms with Crippen LogP contribution >= 0.6 is 0 Å². The van der Waals surface area contributed by atoms with Crippen molar-refractivity contribution in [2.24, 2.45) is 11.1 Å². The van der Waals surface area contributed by atoms with Gasteiger partial charge in [0.1, 0.15) is 0 Å². The highest BCUT2D eigenvalue weighted by molar-refractivity contribution is 6.00. The largest absolute Gasteiger partial charge is 0.480 e. The monoisotopic (exact) mass is 308 g/mol. The van der Waals surface area contributed by atoms with E-state index < -0.39 is 17.4 Å². The molecule has 0 saturated heterocycles. The Morgan fingerprint density at radius 3 is 2.36 bits per heavy atom. The first-order chi connectivity index (χ1) is 10.3. The van der Waals surface area contributed by atoms with Gasteiger partial charge in [0, 0.05) is 24.1 Å². The van der Waals surface area contributed by atoms with Crippen molar-refractivity contribution >= 4 is 11.9 Å². The molecule has 7 nitrogen and oxygen atoms in total. The van der Waals surface area contributed by atoms with Gasteiger partial charge in [-0.2, -0.15) is 0 Å². The molecule has 0 bridgehead atoms. The molecule has 0 amide bonds. The van der Waals surface area contributed by atoms with Crippen molar-refractivity contribution in [3.63, 3.8) is 0 Å². The number of carboxylic acids is 2. The minimum Gasteiger partial charge on any atom is -0.480 e. The van der Waals surface area contributed by atoms with E-state index in [1.807, 2.05) is 0 Å². The van der Waals surface area contributed by atoms with E-state index >= 15 is 0 Å². The maximum atomic E-state index is 11.5. The van der Waals surface area contributed by atoms with Crippen LogP contribution in [0, 0.1) is 19.3 Å². The van der Waals surface area contributed by atoms with Crippen molar-refractivity contribution in [3.05, 3.63) is 22.4 Å². The molecule has 1 aromatic rings. The van der Waals surface area contributed by atoms with E-state index in [0.717, 1.165) is 5.56 Å². The number of aromatic nitrogens is 1. The molecule has 7 heteroatoms. The standard InChI is InChI=1S/C15H20N2O5/c1-8-10-6-15(13(18)19,14(20)21)7-11(10)9(2)17-12(8)22-5-3-4-16/h3-7,16H2,1-2H3,(H,18,19)(H,20,21). The number of hydrogen-bond acceptors (Lipinski definition) is 5. The van der Waals surface area contributed by atoms with Crippen LogP contribution in [-0.2, 0) is 22.4 Å². The molecule has 4 N–H and O–H groups in total. The molecule has 0 aliphatic heterocycles. The van der Waals surface area contributed by atoms with Crippen molar-refractivity contribution in [2.75, 3.05) is 13.2 Å². The first-order valence-corrected chi connectivity index (χ1v) is 7.12. The second kappa shape index (κ2) is 5.92. The van der Waals surface area contributed by atoms with Crippen LogP contribution in [0.5, 0.6) is 5.88 Å². The predicted octanol–water partition coefficient (Wildman–Crippen LogP) is 0.680. The van der Waals surface area contributed by atoms with Gasteiger partial charge in [-0.15, -0.1) is 0 Å². The van der Waals surface area contributed by atoms with Gasteiger partial charge in [0.2, 0.25) is 5.88 Å². The molecule has 2 rings (SSSR count). The zero-order valence-electron chi connectivity index (χ0n) is 12.7. The Morgan fingerprint density at radius 2 is 1.82 bits per heavy atom. The summed E-state index contributed by atoms with van der Waals surface area (Å²) in [6.07, 6.45) is 0.594. The van der Waals surface area contributed by atoms with Gasteiger partial charge in [0.25, 0.3) is 0 Å². The first-order valence-electron chi connectivity index (χ1n) is 7.12. The number of ether oxygens (including phenoxy) is 1. The van der Waals surface area contributed by atoms with Gasteiger partial charge in [-0.1, -0.05) is 0 Å². The Bertz CT molecular complexity index is 613. The summed E-state index contributed by atoms with van der Waals surface area (Å²) in [6, 6.07) is 0. The van der Waals surface area contributed by atoms with Crippen LogP contribution in [-0.4, -0.2) is 40.3 Å². The van der Waals surface area contributed by atoms with Crippen molar-refractivity contribution in [1.29, 1.82) is 0 Å². The molecular weight excluding hydrogens is 288 g/mol. The molecule has 0 radical (unpaired) electrons. The predicted molar refractivity (Wildman–Crippen MR) is 78.0 cm³/mol. The second-order valence-electron chi connectivity index (χ2n) is 5.62. The third kappa shape index (κ3) is 2.52. The Kier molecular flexibility index (Phi) is 4.37. The van der Waals surface area contributed by atoms with Crippen LogP contribution in [0.25, 0.3) is 0 Å². The number of nitrogens with zero attached hydrogens (tertiary/aromatic N) is 1. The fourth-order valence-electron chi connectivity index (χ4n) is 2.80. The SMILES string of the molecule is Cc1nc(OCCCN)c(C)c2c1CC(C(=O)O)(C(=O)O)C2. The van der Waals surface area contributed by atoms with Gasteiger partial charge in [0.15, 0.2) is 5.41 Å². The minimum atomic E-state index is -1.81. The van der Waals surface area contributed by atoms with Crippen molar-refractivity contribution in [1.82, 2.24) is 4.98 Å². The van der Waals surface area contributed by atoms with Gasteiger partial charge in [-0.25, -0.2) is 4.98 Å². The summed E-state index contributed by atoms with van der Waals surface area (Å²) < 4.78 is 5.59. The number of carbonyl (C=O) groups is 2. The normalized spacial score (nSPS) is 15.4. The maximum Gasteiger partial charge on any atom is 0.321 e. The number of pyridine rings is 1. The van der Waals surface area contributed by atoms with E-state index in [4.69, 9.17) is 10.5 Å². The topological polar surface area (TPSA) is 123 Å². The molecule has 22 heavy (non-hydrogen) atoms. The summed E-state index contributed by atoms with van der Waals surface area (Å²) in [7, 11) is 0. The van der Waals surface area contributed by atoms with Gasteiger partial charge in [-0.05, 0) is 37.9 Å². The van der Waals surface area contributed by atoms with E-state index in [-0.39, 0.29) is 12.8 Å². The second-order valence-corrected chi connectivity index (χ2v) is 5.62. The Balaban J connectivity index is 2.41. The maximum absolute atomic E-state index is 11.5. The third-order valence-corrected chi connectivity index (χ3v) is 4.21. The van der Waals surface area contributed by atoms with Crippen LogP contribution in [0.15, 0.2) is 0 Å². The van der Waals surface area contributed by atoms with Gasteiger partial charge in [0.05, 0.1) is 6.61 Å². The lowest BCUT2D eigenvalue weighted by Gasteiger charge is -2.17. The zero-order chi connectivity index (χ0) is 16.5. The fraction of sp³-hybridized carbons (Fsp3) is 0.533. The molecule has 1 aliphatic carbocycles. The van der Waals surface area contributed by atoms with E-state index in [9.17, 15) is 19.8 Å². The summed E-state index contributed by atoms with van der Waals surface area (Å²) in [4.78, 5) is 27.4. The lowest BCUT2D eigenvalue weighted by Crippen LogP contribution is -2.40. The molecule has 0 unspecified atom stereocenters. The summed E-state index contributed by atoms with van der Waals surface area (Å²) in [5.41, 5.74) is 6.36. The molecular formula is C15H20N2O5. The quantitative estimate of drug-likeness (QED) is 0.521. The molecule has 1 heterocycles. The van der Waals surface area contributed by atoms with Crippen LogP contribution in [0.2, 0.25) is 0 Å². The van der Waals surface area contributed by atoms with Gasteiger partial charge in [-0.3, -0.25) is 9.59 Å². The fourth-order valence-corrected chi connectivity index (χ4v) is 2.80. The minimum absolute atomic E-state index is 0.0459. The lowest BCUT2D eigenvalue weighted by atomic mass is 9.84. The van der Waals surface area contributed by atoms with E-state index in [1.165, 1.54) is 0 Å². The van der Waals surface area contributed by atoms with Crippen LogP contribution in [0.1, 0.15) is 28.8 Å². The highest BCUT2D eigenvalue weighted by atomic mass is 16.5. The average Bonchev–Trinajstić information content (AvgIpc) is 2.87. The van der Waals surface area contributed by atoms with Crippen LogP contribution in [0.4, 0.5) is 0 Å². The number of aliphatic carboxylic acids is 2. The summed E-state index contributed by atoms with van der Waals surface area (Å²) in [6.45, 7) is 4.45. The molecule has 0 atom stereocenters. The zero-order valence-corrected chi connectivity index (χ0v) is 12.7. The van der Waals surface area contributed by atoms with Crippen molar-refractivity contribution in [3.8, 4) is 5.88 Å². The average molecular weight is 308 g/mol. The lowest BCUT2D eigenvalue weighted by molar-refractivity contribution is -0.163. The molecule has 0 aromatic carbocycles. The highest BCUT2D eigenvalue weighted by Crippen LogP contribution is 2.42. The number of aryl methyl sites for hydroxylation is 1. The molecule has 120 valence electrons. The summed E-state index contributed by atoms with van der Waals surface area (Å²) in [5.74, 6) is -2.21. The van der Waals surface area contributed by atoms with Crippen molar-refractivity contribution < 1.29 is 24.5 Å². The number of fused-ring (bicyclic) bond motifs is 1. The Labute approximate surface area is 128 Å². The van der Waals surface area contributed by atoms with E-state index in [0.29, 0.717) is 42.3 Å². The summed E-state index contributed by atoms with van der Waals surface area (Å²) >= 11 is 0. The number of nitrogens with two attached hydrogens (primary N) is 1. The Hall–Kier alpha value is -2.15. The van der Waals surface area contributed by atoms with E-state index in [1.54, 1.807) is 13.8 Å². The molecule has 1 aliphatic rings. The Morgan fingerprint density at radius 1 is 1.23 bits per heavy atom. The first kappa shape index (κ1) is 16.2. The number of carboxylic acid groups (broad SMARTS) is 2. The van der Waals surface area contributed by atoms with Gasteiger partial charge < -0.3 is 20.7 Å². The molecule has 0 saturated carbocycles. The highest BCUT2D eigenvalue weighted by Gasteiger charge is 2.52. The third-order valence-electron chi connectivity index (χ3n) is 4.21. The molecule has 0 spiro atoms. The summed E-state index contributed by atoms with van der Waals surface area (Å²) in [5, 5.41) is 18.8. The number of hydrogen-bond donors (Lipinski definition) is 3. The molecule has 0 fully saturated rings. The van der Waals surface area contributed by atoms with Crippen LogP contribution in [0.3, 0.4) is 0 Å². The van der Waals surface area contributed by atoms with Gasteiger partial charge >= 0.3 is 11.9 Å². The van der Waals surface area contributed by atoms with E-state index in [2.05, 4.69) is 4.98 Å².